The van der Waals surface area contributed by atoms with E-state index in [4.69, 9.17) is 4.74 Å². The van der Waals surface area contributed by atoms with E-state index in [1.807, 2.05) is 0 Å². The van der Waals surface area contributed by atoms with Crippen LogP contribution < -0.4 is 10.1 Å². The van der Waals surface area contributed by atoms with Crippen molar-refractivity contribution in [3.63, 3.8) is 0 Å². The molecule has 1 aliphatic heterocycles. The molecule has 0 aliphatic carbocycles. The van der Waals surface area contributed by atoms with Gasteiger partial charge < -0.3 is 14.6 Å². The molecule has 5 nitrogen and oxygen atoms in total. The molecule has 2 aromatic rings. The molecule has 0 unspecified atom stereocenters. The van der Waals surface area contributed by atoms with Gasteiger partial charge in [0.1, 0.15) is 17.4 Å². The molecule has 0 fully saturated rings. The second-order valence-corrected chi connectivity index (χ2v) is 6.80. The standard InChI is InChI=1S/C19H28N4O/c1-13-10-16(11-14(2)18(13)24-4)12-20-15(3)19-22-21-17-8-6-5-7-9-23(17)19/h10-11,15,20H,5-9,12H2,1-4H3/t15-/m1/s1. The first kappa shape index (κ1) is 17.0. The largest absolute Gasteiger partial charge is 0.496 e. The molecule has 24 heavy (non-hydrogen) atoms. The van der Waals surface area contributed by atoms with Crippen LogP contribution in [-0.2, 0) is 19.5 Å². The average Bonchev–Trinajstić information content (AvgIpc) is 2.81. The Bertz CT molecular complexity index is 684. The van der Waals surface area contributed by atoms with Crippen molar-refractivity contribution in [2.75, 3.05) is 7.11 Å². The van der Waals surface area contributed by atoms with Crippen molar-refractivity contribution < 1.29 is 4.74 Å². The number of fused-ring (bicyclic) bond motifs is 1. The molecule has 0 radical (unpaired) electrons. The summed E-state index contributed by atoms with van der Waals surface area (Å²) in [5.41, 5.74) is 3.63. The summed E-state index contributed by atoms with van der Waals surface area (Å²) in [4.78, 5) is 0. The minimum atomic E-state index is 0.187. The highest BCUT2D eigenvalue weighted by molar-refractivity contribution is 5.43. The van der Waals surface area contributed by atoms with Gasteiger partial charge in [0.25, 0.3) is 0 Å². The van der Waals surface area contributed by atoms with Crippen molar-refractivity contribution in [3.8, 4) is 5.75 Å². The molecule has 2 heterocycles. The Labute approximate surface area is 144 Å². The monoisotopic (exact) mass is 328 g/mol. The van der Waals surface area contributed by atoms with Crippen LogP contribution in [-0.4, -0.2) is 21.9 Å². The van der Waals surface area contributed by atoms with E-state index in [1.165, 1.54) is 36.0 Å². The van der Waals surface area contributed by atoms with Crippen LogP contribution in [0.4, 0.5) is 0 Å². The van der Waals surface area contributed by atoms with Gasteiger partial charge in [-0.2, -0.15) is 0 Å². The van der Waals surface area contributed by atoms with Crippen LogP contribution in [0.3, 0.4) is 0 Å². The maximum absolute atomic E-state index is 5.45. The molecule has 1 N–H and O–H groups in total. The summed E-state index contributed by atoms with van der Waals surface area (Å²) in [5.74, 6) is 3.19. The number of hydrogen-bond acceptors (Lipinski definition) is 4. The van der Waals surface area contributed by atoms with Crippen molar-refractivity contribution in [1.29, 1.82) is 0 Å². The van der Waals surface area contributed by atoms with Crippen molar-refractivity contribution in [1.82, 2.24) is 20.1 Å². The number of ether oxygens (including phenoxy) is 1. The van der Waals surface area contributed by atoms with Gasteiger partial charge in [-0.25, -0.2) is 0 Å². The number of hydrogen-bond donors (Lipinski definition) is 1. The van der Waals surface area contributed by atoms with Crippen LogP contribution in [0, 0.1) is 13.8 Å². The molecule has 0 saturated heterocycles. The third-order valence-corrected chi connectivity index (χ3v) is 4.86. The lowest BCUT2D eigenvalue weighted by atomic mass is 10.1. The molecule has 0 saturated carbocycles. The van der Waals surface area contributed by atoms with E-state index in [0.717, 1.165) is 36.9 Å². The highest BCUT2D eigenvalue weighted by Crippen LogP contribution is 2.25. The van der Waals surface area contributed by atoms with Gasteiger partial charge in [-0.15, -0.1) is 10.2 Å². The first-order chi connectivity index (χ1) is 11.6. The summed E-state index contributed by atoms with van der Waals surface area (Å²) in [7, 11) is 1.73. The zero-order valence-electron chi connectivity index (χ0n) is 15.2. The highest BCUT2D eigenvalue weighted by atomic mass is 16.5. The highest BCUT2D eigenvalue weighted by Gasteiger charge is 2.19. The minimum Gasteiger partial charge on any atom is -0.496 e. The molecular weight excluding hydrogens is 300 g/mol. The molecular formula is C19H28N4O. The van der Waals surface area contributed by atoms with E-state index in [-0.39, 0.29) is 6.04 Å². The Morgan fingerprint density at radius 1 is 1.17 bits per heavy atom. The summed E-state index contributed by atoms with van der Waals surface area (Å²) in [5, 5.41) is 12.4. The number of rotatable bonds is 5. The molecule has 1 aliphatic rings. The topological polar surface area (TPSA) is 52.0 Å². The second kappa shape index (κ2) is 7.34. The summed E-state index contributed by atoms with van der Waals surface area (Å²) >= 11 is 0. The van der Waals surface area contributed by atoms with Crippen molar-refractivity contribution in [2.45, 2.75) is 65.6 Å². The van der Waals surface area contributed by atoms with E-state index in [9.17, 15) is 0 Å². The first-order valence-corrected chi connectivity index (χ1v) is 8.89. The SMILES string of the molecule is COc1c(C)cc(CN[C@H](C)c2nnc3n2CCCCC3)cc1C. The Kier molecular flexibility index (Phi) is 5.19. The van der Waals surface area contributed by atoms with Gasteiger partial charge in [-0.05, 0) is 50.3 Å². The summed E-state index contributed by atoms with van der Waals surface area (Å²) in [6, 6.07) is 4.57. The van der Waals surface area contributed by atoms with Crippen LogP contribution in [0.5, 0.6) is 5.75 Å². The Hall–Kier alpha value is -1.88. The lowest BCUT2D eigenvalue weighted by Crippen LogP contribution is -2.22. The third-order valence-electron chi connectivity index (χ3n) is 4.86. The van der Waals surface area contributed by atoms with Crippen LogP contribution in [0.1, 0.15) is 60.6 Å². The van der Waals surface area contributed by atoms with Crippen LogP contribution in [0.25, 0.3) is 0 Å². The van der Waals surface area contributed by atoms with Gasteiger partial charge in [0.15, 0.2) is 0 Å². The predicted octanol–water partition coefficient (Wildman–Crippen LogP) is 3.48. The van der Waals surface area contributed by atoms with Crippen molar-refractivity contribution in [2.24, 2.45) is 0 Å². The summed E-state index contributed by atoms with van der Waals surface area (Å²) in [6.07, 6.45) is 4.79. The van der Waals surface area contributed by atoms with Crippen molar-refractivity contribution in [3.05, 3.63) is 40.5 Å². The maximum atomic E-state index is 5.45. The molecule has 130 valence electrons. The summed E-state index contributed by atoms with van der Waals surface area (Å²) < 4.78 is 7.76. The van der Waals surface area contributed by atoms with Gasteiger partial charge in [0, 0.05) is 19.5 Å². The van der Waals surface area contributed by atoms with E-state index < -0.39 is 0 Å². The smallest absolute Gasteiger partial charge is 0.149 e. The minimum absolute atomic E-state index is 0.187. The molecule has 1 aromatic carbocycles. The van der Waals surface area contributed by atoms with Gasteiger partial charge in [0.2, 0.25) is 0 Å². The predicted molar refractivity (Wildman–Crippen MR) is 95.3 cm³/mol. The zero-order valence-corrected chi connectivity index (χ0v) is 15.2. The lowest BCUT2D eigenvalue weighted by molar-refractivity contribution is 0.408. The fourth-order valence-electron chi connectivity index (χ4n) is 3.65. The number of aromatic nitrogens is 3. The number of nitrogens with zero attached hydrogens (tertiary/aromatic N) is 3. The average molecular weight is 328 g/mol. The maximum Gasteiger partial charge on any atom is 0.149 e. The van der Waals surface area contributed by atoms with E-state index in [2.05, 4.69) is 53.0 Å². The van der Waals surface area contributed by atoms with Crippen LogP contribution >= 0.6 is 0 Å². The van der Waals surface area contributed by atoms with E-state index >= 15 is 0 Å². The van der Waals surface area contributed by atoms with Gasteiger partial charge in [-0.3, -0.25) is 0 Å². The number of benzene rings is 1. The molecule has 0 spiro atoms. The van der Waals surface area contributed by atoms with Gasteiger partial charge in [-0.1, -0.05) is 18.6 Å². The molecule has 0 amide bonds. The first-order valence-electron chi connectivity index (χ1n) is 8.89. The number of methoxy groups -OCH3 is 1. The van der Waals surface area contributed by atoms with E-state index in [1.54, 1.807) is 7.11 Å². The Morgan fingerprint density at radius 2 is 1.92 bits per heavy atom. The summed E-state index contributed by atoms with van der Waals surface area (Å²) in [6.45, 7) is 8.22. The lowest BCUT2D eigenvalue weighted by Gasteiger charge is -2.16. The van der Waals surface area contributed by atoms with E-state index in [0.29, 0.717) is 0 Å². The zero-order chi connectivity index (χ0) is 17.1. The fraction of sp³-hybridized carbons (Fsp3) is 0.579. The molecule has 1 atom stereocenters. The number of nitrogens with one attached hydrogen (secondary N) is 1. The fourth-order valence-corrected chi connectivity index (χ4v) is 3.65. The Morgan fingerprint density at radius 3 is 2.62 bits per heavy atom. The second-order valence-electron chi connectivity index (χ2n) is 6.80. The quantitative estimate of drug-likeness (QED) is 0.913. The molecule has 1 aromatic heterocycles. The van der Waals surface area contributed by atoms with Crippen LogP contribution in [0.2, 0.25) is 0 Å². The third kappa shape index (κ3) is 3.46. The Balaban J connectivity index is 1.70. The molecule has 3 rings (SSSR count). The van der Waals surface area contributed by atoms with Gasteiger partial charge in [0.05, 0.1) is 13.2 Å². The van der Waals surface area contributed by atoms with Crippen LogP contribution in [0.15, 0.2) is 12.1 Å². The normalized spacial score (nSPS) is 15.7. The van der Waals surface area contributed by atoms with Crippen molar-refractivity contribution >= 4 is 0 Å². The van der Waals surface area contributed by atoms with Gasteiger partial charge >= 0.3 is 0 Å². The number of aryl methyl sites for hydroxylation is 3. The molecule has 0 bridgehead atoms. The molecule has 5 heteroatoms.